The first kappa shape index (κ1) is 19.0. The predicted octanol–water partition coefficient (Wildman–Crippen LogP) is 5.54. The summed E-state index contributed by atoms with van der Waals surface area (Å²) in [7, 11) is 0. The molecule has 1 aromatic heterocycles. The molecule has 0 radical (unpaired) electrons. The molecule has 136 valence electrons. The number of nitrogens with zero attached hydrogens (tertiary/aromatic N) is 1. The van der Waals surface area contributed by atoms with Crippen molar-refractivity contribution in [3.8, 4) is 11.5 Å². The minimum absolute atomic E-state index is 0.261. The molecule has 6 heteroatoms. The monoisotopic (exact) mass is 399 g/mol. The molecule has 0 saturated carbocycles. The molecule has 3 rings (SSSR count). The van der Waals surface area contributed by atoms with E-state index in [0.717, 1.165) is 11.3 Å². The average Bonchev–Trinajstić information content (AvgIpc) is 2.67. The molecule has 27 heavy (non-hydrogen) atoms. The summed E-state index contributed by atoms with van der Waals surface area (Å²) in [5.41, 5.74) is 1.83. The Morgan fingerprint density at radius 1 is 1.00 bits per heavy atom. The fourth-order valence-electron chi connectivity index (χ4n) is 2.19. The molecule has 0 fully saturated rings. The van der Waals surface area contributed by atoms with Gasteiger partial charge in [0.2, 0.25) is 0 Å². The zero-order valence-electron chi connectivity index (χ0n) is 14.1. The lowest BCUT2D eigenvalue weighted by Crippen LogP contribution is -2.17. The summed E-state index contributed by atoms with van der Waals surface area (Å²) in [6.07, 6.45) is 5.58. The highest BCUT2D eigenvalue weighted by atomic mass is 35.5. The molecule has 2 aromatic carbocycles. The number of halogens is 2. The molecule has 1 heterocycles. The number of rotatable bonds is 6. The summed E-state index contributed by atoms with van der Waals surface area (Å²) in [5.74, 6) is 0.270. The Balaban J connectivity index is 1.53. The van der Waals surface area contributed by atoms with Crippen LogP contribution in [-0.2, 0) is 4.79 Å². The highest BCUT2D eigenvalue weighted by Crippen LogP contribution is 2.27. The van der Waals surface area contributed by atoms with Gasteiger partial charge in [-0.2, -0.15) is 0 Å². The van der Waals surface area contributed by atoms with Crippen LogP contribution >= 0.6 is 23.2 Å². The van der Waals surface area contributed by atoms with Crippen LogP contribution in [0, 0.1) is 0 Å². The van der Waals surface area contributed by atoms with Gasteiger partial charge in [-0.05, 0) is 54.1 Å². The average molecular weight is 400 g/mol. The van der Waals surface area contributed by atoms with Crippen molar-refractivity contribution in [1.29, 1.82) is 0 Å². The van der Waals surface area contributed by atoms with Crippen molar-refractivity contribution in [2.45, 2.75) is 0 Å². The predicted molar refractivity (Wildman–Crippen MR) is 107 cm³/mol. The molecule has 0 aliphatic rings. The summed E-state index contributed by atoms with van der Waals surface area (Å²) in [6, 6.07) is 17.6. The number of ether oxygens (including phenoxy) is 2. The van der Waals surface area contributed by atoms with E-state index in [-0.39, 0.29) is 6.61 Å². The number of esters is 1. The van der Waals surface area contributed by atoms with Crippen molar-refractivity contribution in [2.24, 2.45) is 0 Å². The van der Waals surface area contributed by atoms with E-state index in [1.165, 1.54) is 0 Å². The number of carbonyl (C=O) groups is 1. The van der Waals surface area contributed by atoms with Gasteiger partial charge in [-0.25, -0.2) is 4.79 Å². The van der Waals surface area contributed by atoms with E-state index >= 15 is 0 Å². The van der Waals surface area contributed by atoms with Gasteiger partial charge in [0, 0.05) is 11.2 Å². The molecule has 0 saturated heterocycles. The quantitative estimate of drug-likeness (QED) is 0.403. The van der Waals surface area contributed by atoms with Crippen LogP contribution in [0.15, 0.2) is 66.9 Å². The fraction of sp³-hybridized carbons (Fsp3) is 0.0476. The largest absolute Gasteiger partial charge is 0.480 e. The van der Waals surface area contributed by atoms with E-state index in [1.54, 1.807) is 36.5 Å². The molecule has 0 atom stereocenters. The third-order valence-electron chi connectivity index (χ3n) is 3.49. The van der Waals surface area contributed by atoms with Crippen LogP contribution < -0.4 is 9.47 Å². The molecule has 4 nitrogen and oxygen atoms in total. The molecular weight excluding hydrogens is 385 g/mol. The molecule has 0 N–H and O–H groups in total. The van der Waals surface area contributed by atoms with Gasteiger partial charge < -0.3 is 9.47 Å². The van der Waals surface area contributed by atoms with E-state index in [1.807, 2.05) is 42.5 Å². The van der Waals surface area contributed by atoms with Crippen LogP contribution in [0.1, 0.15) is 11.3 Å². The fourth-order valence-corrected chi connectivity index (χ4v) is 2.66. The van der Waals surface area contributed by atoms with Gasteiger partial charge in [0.15, 0.2) is 6.61 Å². The van der Waals surface area contributed by atoms with Crippen molar-refractivity contribution in [3.63, 3.8) is 0 Å². The second kappa shape index (κ2) is 9.21. The van der Waals surface area contributed by atoms with Crippen LogP contribution in [0.2, 0.25) is 10.0 Å². The first-order valence-corrected chi connectivity index (χ1v) is 8.83. The molecule has 0 aliphatic heterocycles. The van der Waals surface area contributed by atoms with Gasteiger partial charge in [-0.1, -0.05) is 47.5 Å². The van der Waals surface area contributed by atoms with Gasteiger partial charge in [-0.3, -0.25) is 4.98 Å². The first-order chi connectivity index (χ1) is 13.1. The number of benzene rings is 2. The van der Waals surface area contributed by atoms with E-state index in [2.05, 4.69) is 4.98 Å². The van der Waals surface area contributed by atoms with Crippen LogP contribution in [-0.4, -0.2) is 17.6 Å². The normalized spacial score (nSPS) is 10.7. The minimum atomic E-state index is -0.530. The van der Waals surface area contributed by atoms with Gasteiger partial charge in [0.1, 0.15) is 11.5 Å². The van der Waals surface area contributed by atoms with Crippen molar-refractivity contribution >= 4 is 41.3 Å². The SMILES string of the molecule is O=C(COc1ccc(Cl)cc1Cl)Oc1ccc(/C=C/c2ccccn2)cc1. The van der Waals surface area contributed by atoms with Crippen molar-refractivity contribution < 1.29 is 14.3 Å². The standard InChI is InChI=1S/C21H15Cl2NO3/c22-16-7-11-20(19(23)13-16)26-14-21(25)27-18-9-5-15(6-10-18)4-8-17-3-1-2-12-24-17/h1-13H,14H2/b8-4+. The van der Waals surface area contributed by atoms with Gasteiger partial charge >= 0.3 is 5.97 Å². The molecule has 0 amide bonds. The molecule has 3 aromatic rings. The van der Waals surface area contributed by atoms with Gasteiger partial charge in [0.05, 0.1) is 10.7 Å². The second-order valence-electron chi connectivity index (χ2n) is 5.49. The Labute approximate surface area is 167 Å². The van der Waals surface area contributed by atoms with Crippen molar-refractivity contribution in [1.82, 2.24) is 4.98 Å². The highest BCUT2D eigenvalue weighted by Gasteiger charge is 2.08. The first-order valence-electron chi connectivity index (χ1n) is 8.08. The minimum Gasteiger partial charge on any atom is -0.480 e. The molecule has 0 spiro atoms. The van der Waals surface area contributed by atoms with Gasteiger partial charge in [-0.15, -0.1) is 0 Å². The lowest BCUT2D eigenvalue weighted by Gasteiger charge is -2.08. The Hall–Kier alpha value is -2.82. The topological polar surface area (TPSA) is 48.4 Å². The summed E-state index contributed by atoms with van der Waals surface area (Å²) in [6.45, 7) is -0.261. The third kappa shape index (κ3) is 5.84. The lowest BCUT2D eigenvalue weighted by molar-refractivity contribution is -0.136. The maximum atomic E-state index is 11.9. The Bertz CT molecular complexity index is 941. The van der Waals surface area contributed by atoms with Crippen molar-refractivity contribution in [2.75, 3.05) is 6.61 Å². The number of hydrogen-bond donors (Lipinski definition) is 0. The highest BCUT2D eigenvalue weighted by molar-refractivity contribution is 6.35. The zero-order chi connectivity index (χ0) is 19.1. The van der Waals surface area contributed by atoms with E-state index in [9.17, 15) is 4.79 Å². The third-order valence-corrected chi connectivity index (χ3v) is 4.02. The Morgan fingerprint density at radius 3 is 2.52 bits per heavy atom. The number of pyridine rings is 1. The van der Waals surface area contributed by atoms with Gasteiger partial charge in [0.25, 0.3) is 0 Å². The second-order valence-corrected chi connectivity index (χ2v) is 6.34. The summed E-state index contributed by atoms with van der Waals surface area (Å²) >= 11 is 11.8. The van der Waals surface area contributed by atoms with Crippen LogP contribution in [0.5, 0.6) is 11.5 Å². The van der Waals surface area contributed by atoms with Crippen LogP contribution in [0.3, 0.4) is 0 Å². The number of carbonyl (C=O) groups excluding carboxylic acids is 1. The van der Waals surface area contributed by atoms with E-state index in [0.29, 0.717) is 21.5 Å². The van der Waals surface area contributed by atoms with E-state index < -0.39 is 5.97 Å². The maximum Gasteiger partial charge on any atom is 0.349 e. The zero-order valence-corrected chi connectivity index (χ0v) is 15.7. The maximum absolute atomic E-state index is 11.9. The van der Waals surface area contributed by atoms with Crippen molar-refractivity contribution in [3.05, 3.63) is 88.2 Å². The summed E-state index contributed by atoms with van der Waals surface area (Å²) in [5, 5.41) is 0.825. The number of hydrogen-bond acceptors (Lipinski definition) is 4. The molecule has 0 aliphatic carbocycles. The summed E-state index contributed by atoms with van der Waals surface area (Å²) < 4.78 is 10.6. The molecule has 0 bridgehead atoms. The molecular formula is C21H15Cl2NO3. The van der Waals surface area contributed by atoms with Crippen LogP contribution in [0.25, 0.3) is 12.2 Å². The lowest BCUT2D eigenvalue weighted by atomic mass is 10.2. The number of aromatic nitrogens is 1. The summed E-state index contributed by atoms with van der Waals surface area (Å²) in [4.78, 5) is 16.1. The van der Waals surface area contributed by atoms with E-state index in [4.69, 9.17) is 32.7 Å². The Kier molecular flexibility index (Phi) is 6.47. The molecule has 0 unspecified atom stereocenters. The smallest absolute Gasteiger partial charge is 0.349 e. The Morgan fingerprint density at radius 2 is 1.81 bits per heavy atom. The van der Waals surface area contributed by atoms with Crippen LogP contribution in [0.4, 0.5) is 0 Å².